The van der Waals surface area contributed by atoms with Gasteiger partial charge in [-0.2, -0.15) is 8.78 Å². The molecule has 0 aromatic rings. The topological polar surface area (TPSA) is 0 Å². The van der Waals surface area contributed by atoms with E-state index < -0.39 is 4.83 Å². The van der Waals surface area contributed by atoms with Crippen molar-refractivity contribution in [3.05, 3.63) is 0 Å². The molecule has 0 aromatic heterocycles. The van der Waals surface area contributed by atoms with Crippen LogP contribution in [0.25, 0.3) is 0 Å². The van der Waals surface area contributed by atoms with Gasteiger partial charge in [0.1, 0.15) is 0 Å². The van der Waals surface area contributed by atoms with Gasteiger partial charge in [0.05, 0.1) is 0 Å². The molecule has 0 rings (SSSR count). The molecule has 0 amide bonds. The number of hydrogen-bond donors (Lipinski definition) is 0. The van der Waals surface area contributed by atoms with Crippen LogP contribution in [0.3, 0.4) is 0 Å². The largest absolute Gasteiger partial charge is 0.302 e. The summed E-state index contributed by atoms with van der Waals surface area (Å²) >= 11 is 5.22. The summed E-state index contributed by atoms with van der Waals surface area (Å²) in [5, 5.41) is 0. The van der Waals surface area contributed by atoms with E-state index in [-0.39, 0.29) is 11.2 Å². The third-order valence-electron chi connectivity index (χ3n) is 0.513. The molecule has 4 heteroatoms. The van der Waals surface area contributed by atoms with Crippen molar-refractivity contribution in [1.82, 2.24) is 0 Å². The van der Waals surface area contributed by atoms with Crippen molar-refractivity contribution in [1.29, 1.82) is 0 Å². The van der Waals surface area contributed by atoms with Crippen LogP contribution in [-0.4, -0.2) is 9.66 Å². The summed E-state index contributed by atoms with van der Waals surface area (Å²) in [4.78, 5) is -2.85. The van der Waals surface area contributed by atoms with Crippen molar-refractivity contribution in [3.8, 4) is 0 Å². The van der Waals surface area contributed by atoms with Gasteiger partial charge in [-0.3, -0.25) is 0 Å². The predicted molar refractivity (Wildman–Crippen MR) is 36.9 cm³/mol. The van der Waals surface area contributed by atoms with Crippen LogP contribution in [0, 0.1) is 0 Å². The fourth-order valence-electron chi connectivity index (χ4n) is 0.319. The summed E-state index contributed by atoms with van der Waals surface area (Å²) in [6.07, 6.45) is -0.174. The smallest absolute Gasteiger partial charge is 0.194 e. The Kier molecular flexibility index (Phi) is 3.43. The molecule has 1 atom stereocenters. The first-order valence-corrected chi connectivity index (χ1v) is 3.83. The third-order valence-corrected chi connectivity index (χ3v) is 1.16. The molecule has 0 spiro atoms. The molecule has 0 N–H and O–H groups in total. The normalized spacial score (nSPS) is 16.1. The summed E-state index contributed by atoms with van der Waals surface area (Å²) in [7, 11) is 0. The summed E-state index contributed by atoms with van der Waals surface area (Å²) in [5.74, 6) is 0. The van der Waals surface area contributed by atoms with E-state index >= 15 is 0 Å². The molecule has 0 unspecified atom stereocenters. The van der Waals surface area contributed by atoms with Gasteiger partial charge >= 0.3 is 4.83 Å². The van der Waals surface area contributed by atoms with Crippen LogP contribution in [0.1, 0.15) is 13.3 Å². The molecule has 0 fully saturated rings. The monoisotopic (exact) mass is 250 g/mol. The molecule has 8 heavy (non-hydrogen) atoms. The standard InChI is InChI=1S/C4H6Br2F2/c1-3(5)2-4(6,7)8/h3H,2H2,1H3/t3-/m0/s1. The van der Waals surface area contributed by atoms with Crippen LogP contribution in [0.4, 0.5) is 8.78 Å². The Morgan fingerprint density at radius 2 is 2.00 bits per heavy atom. The van der Waals surface area contributed by atoms with Crippen LogP contribution in [0.5, 0.6) is 0 Å². The summed E-state index contributed by atoms with van der Waals surface area (Å²) < 4.78 is 23.7. The minimum Gasteiger partial charge on any atom is -0.194 e. The number of halogens is 4. The van der Waals surface area contributed by atoms with E-state index in [1.165, 1.54) is 0 Å². The van der Waals surface area contributed by atoms with Crippen molar-refractivity contribution >= 4 is 31.9 Å². The van der Waals surface area contributed by atoms with E-state index in [4.69, 9.17) is 0 Å². The van der Waals surface area contributed by atoms with E-state index in [1.54, 1.807) is 6.92 Å². The molecular weight excluding hydrogens is 246 g/mol. The number of hydrogen-bond acceptors (Lipinski definition) is 0. The third kappa shape index (κ3) is 6.82. The Morgan fingerprint density at radius 1 is 1.62 bits per heavy atom. The molecular formula is C4H6Br2F2. The van der Waals surface area contributed by atoms with E-state index in [0.717, 1.165) is 0 Å². The lowest BCUT2D eigenvalue weighted by Crippen LogP contribution is -2.09. The molecule has 0 radical (unpaired) electrons. The Hall–Kier alpha value is 0.820. The Bertz CT molecular complexity index is 66.9. The van der Waals surface area contributed by atoms with Crippen LogP contribution >= 0.6 is 31.9 Å². The molecule has 0 saturated carbocycles. The van der Waals surface area contributed by atoms with Gasteiger partial charge in [-0.15, -0.1) is 0 Å². The first kappa shape index (κ1) is 8.82. The minimum atomic E-state index is -2.71. The maximum Gasteiger partial charge on any atom is 0.302 e. The Balaban J connectivity index is 3.39. The molecule has 0 aliphatic rings. The fourth-order valence-corrected chi connectivity index (χ4v) is 1.65. The van der Waals surface area contributed by atoms with Crippen molar-refractivity contribution in [2.24, 2.45) is 0 Å². The highest BCUT2D eigenvalue weighted by Gasteiger charge is 2.25. The second-order valence-electron chi connectivity index (χ2n) is 1.60. The number of alkyl halides is 4. The molecule has 50 valence electrons. The molecule has 0 saturated heterocycles. The van der Waals surface area contributed by atoms with Crippen LogP contribution in [-0.2, 0) is 0 Å². The lowest BCUT2D eigenvalue weighted by atomic mass is 10.3. The van der Waals surface area contributed by atoms with Crippen LogP contribution < -0.4 is 0 Å². The van der Waals surface area contributed by atoms with Gasteiger partial charge < -0.3 is 0 Å². The molecule has 0 bridgehead atoms. The van der Waals surface area contributed by atoms with Gasteiger partial charge in [0, 0.05) is 11.2 Å². The maximum atomic E-state index is 11.9. The van der Waals surface area contributed by atoms with Gasteiger partial charge in [-0.1, -0.05) is 22.9 Å². The lowest BCUT2D eigenvalue weighted by Gasteiger charge is -2.08. The van der Waals surface area contributed by atoms with E-state index in [1.807, 2.05) is 0 Å². The first-order chi connectivity index (χ1) is 3.42. The quantitative estimate of drug-likeness (QED) is 0.662. The van der Waals surface area contributed by atoms with E-state index in [2.05, 4.69) is 31.9 Å². The molecule has 0 nitrogen and oxygen atoms in total. The molecule has 0 aliphatic carbocycles. The summed E-state index contributed by atoms with van der Waals surface area (Å²) in [5.41, 5.74) is 0. The zero-order valence-corrected chi connectivity index (χ0v) is 7.47. The minimum absolute atomic E-state index is 0.142. The molecule has 0 heterocycles. The highest BCUT2D eigenvalue weighted by Crippen LogP contribution is 2.29. The SMILES string of the molecule is C[C@H](Br)CC(F)(F)Br. The number of rotatable bonds is 2. The lowest BCUT2D eigenvalue weighted by molar-refractivity contribution is 0.106. The maximum absolute atomic E-state index is 11.9. The second-order valence-corrected chi connectivity index (χ2v) is 4.32. The molecule has 0 aromatic carbocycles. The highest BCUT2D eigenvalue weighted by molar-refractivity contribution is 9.10. The average molecular weight is 252 g/mol. The second kappa shape index (κ2) is 3.11. The van der Waals surface area contributed by atoms with E-state index in [9.17, 15) is 8.78 Å². The Morgan fingerprint density at radius 3 is 2.00 bits per heavy atom. The van der Waals surface area contributed by atoms with Gasteiger partial charge in [0.15, 0.2) is 0 Å². The van der Waals surface area contributed by atoms with Crippen LogP contribution in [0.2, 0.25) is 0 Å². The summed E-state index contributed by atoms with van der Waals surface area (Å²) in [6, 6.07) is 0. The Labute approximate surface area is 63.9 Å². The van der Waals surface area contributed by atoms with Gasteiger partial charge in [0.2, 0.25) is 0 Å². The van der Waals surface area contributed by atoms with Gasteiger partial charge in [-0.05, 0) is 15.9 Å². The average Bonchev–Trinajstić information content (AvgIpc) is 1.21. The van der Waals surface area contributed by atoms with Crippen LogP contribution in [0.15, 0.2) is 0 Å². The van der Waals surface area contributed by atoms with Gasteiger partial charge in [-0.25, -0.2) is 0 Å². The zero-order valence-electron chi connectivity index (χ0n) is 4.30. The van der Waals surface area contributed by atoms with Crippen molar-refractivity contribution in [2.45, 2.75) is 23.0 Å². The summed E-state index contributed by atoms with van der Waals surface area (Å²) in [6.45, 7) is 1.68. The zero-order chi connectivity index (χ0) is 6.78. The van der Waals surface area contributed by atoms with E-state index in [0.29, 0.717) is 0 Å². The van der Waals surface area contributed by atoms with Crippen molar-refractivity contribution in [3.63, 3.8) is 0 Å². The van der Waals surface area contributed by atoms with Gasteiger partial charge in [0.25, 0.3) is 0 Å². The fraction of sp³-hybridized carbons (Fsp3) is 1.00. The van der Waals surface area contributed by atoms with Crippen molar-refractivity contribution in [2.75, 3.05) is 0 Å². The predicted octanol–water partition coefficient (Wildman–Crippen LogP) is 3.15. The first-order valence-electron chi connectivity index (χ1n) is 2.12. The van der Waals surface area contributed by atoms with Crippen molar-refractivity contribution < 1.29 is 8.78 Å². The molecule has 0 aliphatic heterocycles. The highest BCUT2D eigenvalue weighted by atomic mass is 79.9.